The minimum absolute atomic E-state index is 0.145. The number of ether oxygens (including phenoxy) is 1. The van der Waals surface area contributed by atoms with E-state index >= 15 is 0 Å². The summed E-state index contributed by atoms with van der Waals surface area (Å²) in [5, 5.41) is 3.67. The van der Waals surface area contributed by atoms with Gasteiger partial charge < -0.3 is 15.0 Å². The molecule has 4 saturated carbocycles. The van der Waals surface area contributed by atoms with Crippen molar-refractivity contribution in [2.75, 3.05) is 5.73 Å². The molecule has 1 aromatic rings. The van der Waals surface area contributed by atoms with Crippen LogP contribution in [0.25, 0.3) is 0 Å². The summed E-state index contributed by atoms with van der Waals surface area (Å²) in [6.07, 6.45) is 6.76. The monoisotopic (exact) mass is 290 g/mol. The molecule has 114 valence electrons. The zero-order chi connectivity index (χ0) is 14.9. The van der Waals surface area contributed by atoms with Gasteiger partial charge in [0.2, 0.25) is 5.88 Å². The number of nitrogen functional groups attached to an aromatic ring is 1. The molecule has 2 N–H and O–H groups in total. The number of anilines is 1. The third-order valence-corrected chi connectivity index (χ3v) is 5.62. The van der Waals surface area contributed by atoms with Gasteiger partial charge in [0.15, 0.2) is 5.69 Å². The second-order valence-electron chi connectivity index (χ2n) is 8.32. The Balaban J connectivity index is 1.61. The smallest absolute Gasteiger partial charge is 0.361 e. The van der Waals surface area contributed by atoms with E-state index in [0.29, 0.717) is 16.7 Å². The summed E-state index contributed by atoms with van der Waals surface area (Å²) >= 11 is 0. The molecule has 0 amide bonds. The molecule has 4 aliphatic rings. The molecule has 0 spiro atoms. The first-order valence-electron chi connectivity index (χ1n) is 7.75. The van der Waals surface area contributed by atoms with E-state index in [0.717, 1.165) is 19.3 Å². The van der Waals surface area contributed by atoms with Crippen LogP contribution in [0.5, 0.6) is 0 Å². The van der Waals surface area contributed by atoms with Crippen LogP contribution in [0.3, 0.4) is 0 Å². The van der Waals surface area contributed by atoms with Gasteiger partial charge in [0.25, 0.3) is 0 Å². The van der Waals surface area contributed by atoms with Crippen LogP contribution < -0.4 is 5.73 Å². The molecule has 4 aliphatic carbocycles. The molecule has 1 aromatic heterocycles. The highest BCUT2D eigenvalue weighted by Crippen LogP contribution is 2.67. The maximum absolute atomic E-state index is 12.4. The van der Waals surface area contributed by atoms with Crippen LogP contribution in [0.2, 0.25) is 0 Å². The highest BCUT2D eigenvalue weighted by molar-refractivity contribution is 5.88. The number of rotatable bonds is 2. The fraction of sp³-hybridized carbons (Fsp3) is 0.750. The van der Waals surface area contributed by atoms with Crippen molar-refractivity contribution in [1.82, 2.24) is 5.16 Å². The molecular weight excluding hydrogens is 268 g/mol. The van der Waals surface area contributed by atoms with Gasteiger partial charge in [0.05, 0.1) is 0 Å². The van der Waals surface area contributed by atoms with Crippen LogP contribution in [0.1, 0.15) is 62.9 Å². The van der Waals surface area contributed by atoms with E-state index in [9.17, 15) is 4.79 Å². The quantitative estimate of drug-likeness (QED) is 0.846. The van der Waals surface area contributed by atoms with Gasteiger partial charge >= 0.3 is 5.97 Å². The first-order valence-corrected chi connectivity index (χ1v) is 7.75. The average molecular weight is 290 g/mol. The molecule has 5 rings (SSSR count). The molecule has 4 bridgehead atoms. The average Bonchev–Trinajstić information content (AvgIpc) is 2.70. The predicted molar refractivity (Wildman–Crippen MR) is 76.5 cm³/mol. The molecule has 5 nitrogen and oxygen atoms in total. The highest BCUT2D eigenvalue weighted by atomic mass is 16.6. The Bertz CT molecular complexity index is 590. The highest BCUT2D eigenvalue weighted by Gasteiger charge is 2.62. The Kier molecular flexibility index (Phi) is 2.39. The van der Waals surface area contributed by atoms with E-state index in [1.807, 2.05) is 0 Å². The van der Waals surface area contributed by atoms with E-state index in [4.69, 9.17) is 15.0 Å². The third kappa shape index (κ3) is 2.05. The van der Waals surface area contributed by atoms with Gasteiger partial charge in [-0.3, -0.25) is 0 Å². The molecule has 21 heavy (non-hydrogen) atoms. The Morgan fingerprint density at radius 2 is 1.95 bits per heavy atom. The van der Waals surface area contributed by atoms with Gasteiger partial charge in [0, 0.05) is 6.07 Å². The largest absolute Gasteiger partial charge is 0.454 e. The van der Waals surface area contributed by atoms with Crippen LogP contribution in [0.4, 0.5) is 5.88 Å². The molecule has 1 heterocycles. The molecule has 0 radical (unpaired) electrons. The molecule has 0 aliphatic heterocycles. The number of hydrogen-bond acceptors (Lipinski definition) is 5. The van der Waals surface area contributed by atoms with Crippen LogP contribution in [-0.4, -0.2) is 16.7 Å². The fourth-order valence-electron chi connectivity index (χ4n) is 6.09. The van der Waals surface area contributed by atoms with Gasteiger partial charge in [-0.1, -0.05) is 19.0 Å². The van der Waals surface area contributed by atoms with Gasteiger partial charge in [-0.05, 0) is 55.3 Å². The first-order chi connectivity index (χ1) is 9.79. The summed E-state index contributed by atoms with van der Waals surface area (Å²) in [5.41, 5.74) is 5.98. The Labute approximate surface area is 124 Å². The topological polar surface area (TPSA) is 78.4 Å². The van der Waals surface area contributed by atoms with Crippen molar-refractivity contribution in [3.8, 4) is 0 Å². The number of aromatic nitrogens is 1. The van der Waals surface area contributed by atoms with Crippen molar-refractivity contribution in [3.63, 3.8) is 0 Å². The second-order valence-corrected chi connectivity index (χ2v) is 8.32. The van der Waals surface area contributed by atoms with Gasteiger partial charge in [-0.25, -0.2) is 4.79 Å². The van der Waals surface area contributed by atoms with Crippen LogP contribution in [0, 0.1) is 16.7 Å². The lowest BCUT2D eigenvalue weighted by Crippen LogP contribution is -2.59. The molecule has 2 unspecified atom stereocenters. The third-order valence-electron chi connectivity index (χ3n) is 5.62. The van der Waals surface area contributed by atoms with Crippen LogP contribution >= 0.6 is 0 Å². The number of hydrogen-bond donors (Lipinski definition) is 1. The number of carbonyl (C=O) groups excluding carboxylic acids is 1. The minimum Gasteiger partial charge on any atom is -0.454 e. The van der Waals surface area contributed by atoms with E-state index < -0.39 is 5.97 Å². The summed E-state index contributed by atoms with van der Waals surface area (Å²) in [6, 6.07) is 1.44. The van der Waals surface area contributed by atoms with Gasteiger partial charge in [-0.15, -0.1) is 0 Å². The predicted octanol–water partition coefficient (Wildman–Crippen LogP) is 3.16. The van der Waals surface area contributed by atoms with Crippen molar-refractivity contribution in [2.24, 2.45) is 16.7 Å². The number of esters is 1. The summed E-state index contributed by atoms with van der Waals surface area (Å²) in [4.78, 5) is 12.4. The Morgan fingerprint density at radius 3 is 2.48 bits per heavy atom. The summed E-state index contributed by atoms with van der Waals surface area (Å²) in [6.45, 7) is 4.71. The van der Waals surface area contributed by atoms with Crippen molar-refractivity contribution < 1.29 is 14.1 Å². The number of nitrogens with zero attached hydrogens (tertiary/aromatic N) is 1. The fourth-order valence-corrected chi connectivity index (χ4v) is 6.09. The van der Waals surface area contributed by atoms with Crippen LogP contribution in [-0.2, 0) is 4.74 Å². The molecular formula is C16H22N2O3. The minimum atomic E-state index is -0.399. The lowest BCUT2D eigenvalue weighted by molar-refractivity contribution is -0.190. The zero-order valence-electron chi connectivity index (χ0n) is 12.6. The first kappa shape index (κ1) is 13.2. The zero-order valence-corrected chi connectivity index (χ0v) is 12.6. The van der Waals surface area contributed by atoms with Crippen molar-refractivity contribution in [2.45, 2.75) is 58.0 Å². The van der Waals surface area contributed by atoms with Crippen molar-refractivity contribution >= 4 is 11.9 Å². The SMILES string of the molecule is CC12CC3CC(C)(C1)CC(OC(=O)c1cc(N)on1)(C3)C2. The molecule has 5 heteroatoms. The maximum atomic E-state index is 12.4. The molecule has 0 aromatic carbocycles. The second kappa shape index (κ2) is 3.81. The molecule has 4 fully saturated rings. The van der Waals surface area contributed by atoms with E-state index in [2.05, 4.69) is 19.0 Å². The summed E-state index contributed by atoms with van der Waals surface area (Å²) in [7, 11) is 0. The standard InChI is InChI=1S/C16H22N2O3/c1-14-4-10-5-15(2,7-14)9-16(6-10,8-14)20-13(19)11-3-12(17)21-18-11/h3,10H,4-9,17H2,1-2H3. The van der Waals surface area contributed by atoms with E-state index in [1.54, 1.807) is 0 Å². The molecule has 2 atom stereocenters. The maximum Gasteiger partial charge on any atom is 0.361 e. The van der Waals surface area contributed by atoms with Crippen molar-refractivity contribution in [3.05, 3.63) is 11.8 Å². The molecule has 0 saturated heterocycles. The van der Waals surface area contributed by atoms with E-state index in [1.165, 1.54) is 25.3 Å². The normalized spacial score (nSPS) is 44.0. The van der Waals surface area contributed by atoms with Gasteiger partial charge in [0.1, 0.15) is 5.60 Å². The van der Waals surface area contributed by atoms with Crippen LogP contribution in [0.15, 0.2) is 10.6 Å². The summed E-state index contributed by atoms with van der Waals surface area (Å²) in [5.74, 6) is 0.433. The Morgan fingerprint density at radius 1 is 1.29 bits per heavy atom. The Hall–Kier alpha value is -1.52. The number of nitrogens with two attached hydrogens (primary N) is 1. The van der Waals surface area contributed by atoms with Gasteiger partial charge in [-0.2, -0.15) is 0 Å². The summed E-state index contributed by atoms with van der Waals surface area (Å²) < 4.78 is 10.7. The lowest BCUT2D eigenvalue weighted by Gasteiger charge is -2.64. The van der Waals surface area contributed by atoms with E-state index in [-0.39, 0.29) is 17.2 Å². The lowest BCUT2D eigenvalue weighted by atomic mass is 9.43. The number of carbonyl (C=O) groups is 1. The van der Waals surface area contributed by atoms with Crippen molar-refractivity contribution in [1.29, 1.82) is 0 Å².